The Morgan fingerprint density at radius 1 is 1.33 bits per heavy atom. The highest BCUT2D eigenvalue weighted by atomic mass is 35.5. The summed E-state index contributed by atoms with van der Waals surface area (Å²) in [4.78, 5) is 0. The zero-order valence-corrected chi connectivity index (χ0v) is 9.54. The fraction of sp³-hybridized carbons (Fsp3) is 0.600. The maximum absolute atomic E-state index is 5.85. The van der Waals surface area contributed by atoms with Crippen LogP contribution in [0.4, 0.5) is 0 Å². The zero-order valence-electron chi connectivity index (χ0n) is 8.79. The smallest absolute Gasteiger partial charge is 0.237 e. The van der Waals surface area contributed by atoms with Gasteiger partial charge in [0.2, 0.25) is 5.88 Å². The molecule has 0 aromatic carbocycles. The number of ether oxygens (including phenoxy) is 2. The van der Waals surface area contributed by atoms with Gasteiger partial charge in [-0.25, -0.2) is 0 Å². The molecule has 1 atom stereocenters. The van der Waals surface area contributed by atoms with Gasteiger partial charge in [-0.3, -0.25) is 0 Å². The summed E-state index contributed by atoms with van der Waals surface area (Å²) in [6, 6.07) is 0. The van der Waals surface area contributed by atoms with Crippen LogP contribution in [-0.2, 0) is 4.74 Å². The van der Waals surface area contributed by atoms with Crippen molar-refractivity contribution in [2.45, 2.75) is 26.4 Å². The Bertz CT molecular complexity index is 365. The maximum Gasteiger partial charge on any atom is 0.237 e. The van der Waals surface area contributed by atoms with Crippen LogP contribution in [0, 0.1) is 13.8 Å². The Labute approximate surface area is 93.6 Å². The third-order valence-electron chi connectivity index (χ3n) is 2.59. The van der Waals surface area contributed by atoms with Crippen molar-refractivity contribution in [1.82, 2.24) is 10.2 Å². The van der Waals surface area contributed by atoms with Crippen LogP contribution in [0.15, 0.2) is 0 Å². The van der Waals surface area contributed by atoms with Crippen LogP contribution in [0.1, 0.15) is 17.5 Å². The third-order valence-corrected chi connectivity index (χ3v) is 2.95. The van der Waals surface area contributed by atoms with E-state index in [2.05, 4.69) is 10.2 Å². The normalized spacial score (nSPS) is 20.6. The third kappa shape index (κ3) is 2.21. The average Bonchev–Trinajstić information content (AvgIpc) is 2.72. The topological polar surface area (TPSA) is 44.2 Å². The molecule has 1 saturated heterocycles. The molecule has 82 valence electrons. The molecule has 0 bridgehead atoms. The van der Waals surface area contributed by atoms with Crippen molar-refractivity contribution in [2.24, 2.45) is 0 Å². The molecule has 0 aliphatic carbocycles. The molecule has 1 aromatic rings. The minimum Gasteiger partial charge on any atom is -0.471 e. The molecule has 1 aromatic heterocycles. The lowest BCUT2D eigenvalue weighted by Gasteiger charge is -2.13. The monoisotopic (exact) mass is 228 g/mol. The summed E-state index contributed by atoms with van der Waals surface area (Å²) < 4.78 is 10.9. The van der Waals surface area contributed by atoms with E-state index in [0.717, 1.165) is 24.2 Å². The van der Waals surface area contributed by atoms with Crippen molar-refractivity contribution in [3.63, 3.8) is 0 Å². The van der Waals surface area contributed by atoms with Crippen LogP contribution in [-0.4, -0.2) is 29.5 Å². The molecule has 2 heterocycles. The summed E-state index contributed by atoms with van der Waals surface area (Å²) in [6.07, 6.45) is 1.00. The molecule has 0 amide bonds. The molecular formula is C10H13ClN2O2. The lowest BCUT2D eigenvalue weighted by atomic mass is 10.2. The Kier molecular flexibility index (Phi) is 3.07. The predicted molar refractivity (Wildman–Crippen MR) is 56.4 cm³/mol. The van der Waals surface area contributed by atoms with E-state index in [1.165, 1.54) is 0 Å². The highest BCUT2D eigenvalue weighted by Gasteiger charge is 2.19. The molecule has 1 unspecified atom stereocenters. The first-order valence-corrected chi connectivity index (χ1v) is 5.30. The van der Waals surface area contributed by atoms with Crippen LogP contribution in [0.5, 0.6) is 5.88 Å². The van der Waals surface area contributed by atoms with Gasteiger partial charge in [-0.2, -0.15) is 0 Å². The Hall–Kier alpha value is -0.870. The van der Waals surface area contributed by atoms with E-state index in [-0.39, 0.29) is 6.10 Å². The van der Waals surface area contributed by atoms with Crippen molar-refractivity contribution < 1.29 is 9.47 Å². The van der Waals surface area contributed by atoms with Gasteiger partial charge < -0.3 is 9.47 Å². The van der Waals surface area contributed by atoms with Gasteiger partial charge in [0.05, 0.1) is 13.2 Å². The molecule has 0 saturated carbocycles. The Morgan fingerprint density at radius 3 is 2.80 bits per heavy atom. The molecule has 1 aliphatic heterocycles. The van der Waals surface area contributed by atoms with Gasteiger partial charge in [0.1, 0.15) is 6.10 Å². The van der Waals surface area contributed by atoms with Gasteiger partial charge in [0.15, 0.2) is 5.15 Å². The highest BCUT2D eigenvalue weighted by molar-refractivity contribution is 6.30. The van der Waals surface area contributed by atoms with E-state index in [1.807, 2.05) is 13.8 Å². The van der Waals surface area contributed by atoms with Crippen molar-refractivity contribution in [3.8, 4) is 5.88 Å². The van der Waals surface area contributed by atoms with Crippen LogP contribution in [0.2, 0.25) is 5.15 Å². The first-order chi connectivity index (χ1) is 7.18. The van der Waals surface area contributed by atoms with E-state index in [1.54, 1.807) is 0 Å². The van der Waals surface area contributed by atoms with Crippen LogP contribution in [0.3, 0.4) is 0 Å². The van der Waals surface area contributed by atoms with E-state index >= 15 is 0 Å². The molecular weight excluding hydrogens is 216 g/mol. The van der Waals surface area contributed by atoms with Crippen molar-refractivity contribution in [3.05, 3.63) is 16.3 Å². The number of rotatable bonds is 2. The first-order valence-electron chi connectivity index (χ1n) is 4.92. The Balaban J connectivity index is 2.17. The summed E-state index contributed by atoms with van der Waals surface area (Å²) in [5, 5.41) is 8.21. The van der Waals surface area contributed by atoms with Crippen molar-refractivity contribution in [2.75, 3.05) is 13.2 Å². The summed E-state index contributed by atoms with van der Waals surface area (Å²) in [7, 11) is 0. The number of halogens is 1. The van der Waals surface area contributed by atoms with Gasteiger partial charge in [-0.05, 0) is 19.4 Å². The lowest BCUT2D eigenvalue weighted by Crippen LogP contribution is -2.17. The molecule has 4 nitrogen and oxygen atoms in total. The number of nitrogens with zero attached hydrogens (tertiary/aromatic N) is 2. The van der Waals surface area contributed by atoms with Gasteiger partial charge in [-0.1, -0.05) is 11.6 Å². The Morgan fingerprint density at radius 2 is 2.13 bits per heavy atom. The summed E-state index contributed by atoms with van der Waals surface area (Å²) in [6.45, 7) is 5.22. The van der Waals surface area contributed by atoms with Crippen LogP contribution >= 0.6 is 11.6 Å². The van der Waals surface area contributed by atoms with Crippen LogP contribution < -0.4 is 4.74 Å². The molecule has 1 aliphatic rings. The van der Waals surface area contributed by atoms with Crippen molar-refractivity contribution >= 4 is 11.6 Å². The molecule has 0 radical (unpaired) electrons. The van der Waals surface area contributed by atoms with Gasteiger partial charge in [0.25, 0.3) is 0 Å². The largest absolute Gasteiger partial charge is 0.471 e. The zero-order chi connectivity index (χ0) is 10.8. The number of hydrogen-bond donors (Lipinski definition) is 0. The highest BCUT2D eigenvalue weighted by Crippen LogP contribution is 2.24. The fourth-order valence-corrected chi connectivity index (χ4v) is 1.61. The minimum atomic E-state index is 0.0959. The summed E-state index contributed by atoms with van der Waals surface area (Å²) >= 11 is 5.85. The van der Waals surface area contributed by atoms with E-state index in [9.17, 15) is 0 Å². The number of aromatic nitrogens is 2. The van der Waals surface area contributed by atoms with Gasteiger partial charge in [0, 0.05) is 12.0 Å². The van der Waals surface area contributed by atoms with E-state index in [0.29, 0.717) is 17.6 Å². The molecule has 15 heavy (non-hydrogen) atoms. The predicted octanol–water partition coefficient (Wildman–Crippen LogP) is 1.91. The average molecular weight is 229 g/mol. The molecule has 2 rings (SSSR count). The van der Waals surface area contributed by atoms with Crippen molar-refractivity contribution in [1.29, 1.82) is 0 Å². The summed E-state index contributed by atoms with van der Waals surface area (Å²) in [5.41, 5.74) is 1.86. The fourth-order valence-electron chi connectivity index (χ4n) is 1.43. The maximum atomic E-state index is 5.85. The van der Waals surface area contributed by atoms with Gasteiger partial charge >= 0.3 is 0 Å². The summed E-state index contributed by atoms with van der Waals surface area (Å²) in [5.74, 6) is 0.562. The minimum absolute atomic E-state index is 0.0959. The van der Waals surface area contributed by atoms with E-state index < -0.39 is 0 Å². The standard InChI is InChI=1S/C10H13ClN2O2/c1-6-7(2)10(13-12-9(6)11)15-8-3-4-14-5-8/h8H,3-5H2,1-2H3. The SMILES string of the molecule is Cc1c(Cl)nnc(OC2CCOC2)c1C. The number of hydrogen-bond acceptors (Lipinski definition) is 4. The quantitative estimate of drug-likeness (QED) is 0.776. The second-order valence-electron chi connectivity index (χ2n) is 3.65. The first kappa shape index (κ1) is 10.6. The van der Waals surface area contributed by atoms with Gasteiger partial charge in [-0.15, -0.1) is 10.2 Å². The molecule has 0 spiro atoms. The second kappa shape index (κ2) is 4.33. The second-order valence-corrected chi connectivity index (χ2v) is 4.01. The molecule has 5 heteroatoms. The van der Waals surface area contributed by atoms with E-state index in [4.69, 9.17) is 21.1 Å². The molecule has 0 N–H and O–H groups in total. The lowest BCUT2D eigenvalue weighted by molar-refractivity contribution is 0.136. The molecule has 1 fully saturated rings. The van der Waals surface area contributed by atoms with Crippen LogP contribution in [0.25, 0.3) is 0 Å².